The average molecular weight is 215 g/mol. The van der Waals surface area contributed by atoms with Crippen LogP contribution in [0.5, 0.6) is 0 Å². The molecule has 0 radical (unpaired) electrons. The second-order valence-electron chi connectivity index (χ2n) is 4.07. The highest BCUT2D eigenvalue weighted by molar-refractivity contribution is 5.69. The van der Waals surface area contributed by atoms with Gasteiger partial charge in [0.25, 0.3) is 0 Å². The molecule has 1 aliphatic rings. The van der Waals surface area contributed by atoms with Crippen LogP contribution in [0, 0.1) is 0 Å². The predicted octanol–water partition coefficient (Wildman–Crippen LogP) is 1.05. The fourth-order valence-electron chi connectivity index (χ4n) is 1.95. The van der Waals surface area contributed by atoms with Crippen molar-refractivity contribution in [2.75, 3.05) is 26.2 Å². The van der Waals surface area contributed by atoms with Gasteiger partial charge in [0.2, 0.25) is 0 Å². The first kappa shape index (κ1) is 12.5. The molecule has 0 aromatic carbocycles. The molecule has 88 valence electrons. The summed E-state index contributed by atoms with van der Waals surface area (Å²) in [7, 11) is 0. The van der Waals surface area contributed by atoms with E-state index < -0.39 is 0 Å². The van der Waals surface area contributed by atoms with Gasteiger partial charge in [-0.3, -0.25) is 9.69 Å². The SMILES string of the molecule is CCOC(=O)CCN1C[C@@H](C)O[C@H](C)C1. The molecule has 0 unspecified atom stereocenters. The number of hydrogen-bond donors (Lipinski definition) is 0. The summed E-state index contributed by atoms with van der Waals surface area (Å²) >= 11 is 0. The molecular weight excluding hydrogens is 194 g/mol. The van der Waals surface area contributed by atoms with Gasteiger partial charge in [0.1, 0.15) is 0 Å². The summed E-state index contributed by atoms with van der Waals surface area (Å²) in [6.07, 6.45) is 1.000. The van der Waals surface area contributed by atoms with Gasteiger partial charge in [-0.05, 0) is 20.8 Å². The van der Waals surface area contributed by atoms with E-state index in [1.165, 1.54) is 0 Å². The van der Waals surface area contributed by atoms with E-state index in [1.807, 2.05) is 6.92 Å². The molecule has 15 heavy (non-hydrogen) atoms. The molecule has 1 saturated heterocycles. The van der Waals surface area contributed by atoms with Crippen molar-refractivity contribution in [2.24, 2.45) is 0 Å². The smallest absolute Gasteiger partial charge is 0.307 e. The Morgan fingerprint density at radius 2 is 2.00 bits per heavy atom. The molecule has 0 spiro atoms. The van der Waals surface area contributed by atoms with Crippen LogP contribution >= 0.6 is 0 Å². The van der Waals surface area contributed by atoms with E-state index in [4.69, 9.17) is 9.47 Å². The molecule has 1 rings (SSSR count). The van der Waals surface area contributed by atoms with Crippen LogP contribution in [0.3, 0.4) is 0 Å². The Kier molecular flexibility index (Phi) is 5.05. The van der Waals surface area contributed by atoms with E-state index >= 15 is 0 Å². The van der Waals surface area contributed by atoms with Crippen LogP contribution < -0.4 is 0 Å². The summed E-state index contributed by atoms with van der Waals surface area (Å²) < 4.78 is 10.5. The molecule has 2 atom stereocenters. The maximum Gasteiger partial charge on any atom is 0.307 e. The summed E-state index contributed by atoms with van der Waals surface area (Å²) in [5.41, 5.74) is 0. The van der Waals surface area contributed by atoms with E-state index in [2.05, 4.69) is 18.7 Å². The number of esters is 1. The molecule has 0 bridgehead atoms. The van der Waals surface area contributed by atoms with E-state index in [0.717, 1.165) is 19.6 Å². The van der Waals surface area contributed by atoms with E-state index in [-0.39, 0.29) is 18.2 Å². The molecule has 0 aromatic rings. The lowest BCUT2D eigenvalue weighted by Crippen LogP contribution is -2.46. The van der Waals surface area contributed by atoms with Crippen molar-refractivity contribution in [3.63, 3.8) is 0 Å². The number of ether oxygens (including phenoxy) is 2. The topological polar surface area (TPSA) is 38.8 Å². The minimum Gasteiger partial charge on any atom is -0.466 e. The highest BCUT2D eigenvalue weighted by Crippen LogP contribution is 2.10. The lowest BCUT2D eigenvalue weighted by atomic mass is 10.2. The van der Waals surface area contributed by atoms with Gasteiger partial charge in [0.15, 0.2) is 0 Å². The Labute approximate surface area is 91.5 Å². The number of carbonyl (C=O) groups is 1. The number of carbonyl (C=O) groups excluding carboxylic acids is 1. The van der Waals surface area contributed by atoms with Gasteiger partial charge >= 0.3 is 5.97 Å². The number of rotatable bonds is 4. The summed E-state index contributed by atoms with van der Waals surface area (Å²) in [5.74, 6) is -0.107. The fourth-order valence-corrected chi connectivity index (χ4v) is 1.95. The van der Waals surface area contributed by atoms with Crippen molar-refractivity contribution in [1.29, 1.82) is 0 Å². The van der Waals surface area contributed by atoms with Gasteiger partial charge in [-0.2, -0.15) is 0 Å². The van der Waals surface area contributed by atoms with Gasteiger partial charge in [-0.15, -0.1) is 0 Å². The zero-order valence-corrected chi connectivity index (χ0v) is 9.86. The first-order valence-electron chi connectivity index (χ1n) is 5.65. The first-order valence-corrected chi connectivity index (χ1v) is 5.65. The third-order valence-corrected chi connectivity index (χ3v) is 2.43. The molecule has 0 N–H and O–H groups in total. The Hall–Kier alpha value is -0.610. The highest BCUT2D eigenvalue weighted by Gasteiger charge is 2.22. The predicted molar refractivity (Wildman–Crippen MR) is 57.7 cm³/mol. The Bertz CT molecular complexity index is 198. The zero-order valence-electron chi connectivity index (χ0n) is 9.86. The third kappa shape index (κ3) is 4.62. The molecule has 0 amide bonds. The summed E-state index contributed by atoms with van der Waals surface area (Å²) in [5, 5.41) is 0. The van der Waals surface area contributed by atoms with Crippen molar-refractivity contribution in [2.45, 2.75) is 39.4 Å². The van der Waals surface area contributed by atoms with Gasteiger partial charge in [-0.25, -0.2) is 0 Å². The van der Waals surface area contributed by atoms with Crippen molar-refractivity contribution < 1.29 is 14.3 Å². The molecular formula is C11H21NO3. The van der Waals surface area contributed by atoms with Crippen LogP contribution in [-0.4, -0.2) is 49.3 Å². The lowest BCUT2D eigenvalue weighted by Gasteiger charge is -2.35. The zero-order chi connectivity index (χ0) is 11.3. The summed E-state index contributed by atoms with van der Waals surface area (Å²) in [6, 6.07) is 0. The normalized spacial score (nSPS) is 27.7. The van der Waals surface area contributed by atoms with Crippen molar-refractivity contribution in [3.8, 4) is 0 Å². The summed E-state index contributed by atoms with van der Waals surface area (Å²) in [4.78, 5) is 13.4. The number of morpholine rings is 1. The van der Waals surface area contributed by atoms with Gasteiger partial charge in [0.05, 0.1) is 25.2 Å². The molecule has 4 nitrogen and oxygen atoms in total. The van der Waals surface area contributed by atoms with Gasteiger partial charge < -0.3 is 9.47 Å². The first-order chi connectivity index (χ1) is 7.11. The lowest BCUT2D eigenvalue weighted by molar-refractivity contribution is -0.144. The molecule has 0 aromatic heterocycles. The second-order valence-corrected chi connectivity index (χ2v) is 4.07. The van der Waals surface area contributed by atoms with Crippen LogP contribution in [0.25, 0.3) is 0 Å². The fraction of sp³-hybridized carbons (Fsp3) is 0.909. The van der Waals surface area contributed by atoms with Crippen LogP contribution in [0.2, 0.25) is 0 Å². The maximum atomic E-state index is 11.2. The number of nitrogens with zero attached hydrogens (tertiary/aromatic N) is 1. The minimum absolute atomic E-state index is 0.107. The standard InChI is InChI=1S/C11H21NO3/c1-4-14-11(13)5-6-12-7-9(2)15-10(3)8-12/h9-10H,4-8H2,1-3H3/t9-,10-/m1/s1. The quantitative estimate of drug-likeness (QED) is 0.657. The van der Waals surface area contributed by atoms with Crippen molar-refractivity contribution in [1.82, 2.24) is 4.90 Å². The Morgan fingerprint density at radius 3 is 2.53 bits per heavy atom. The molecule has 4 heteroatoms. The summed E-state index contributed by atoms with van der Waals surface area (Å²) in [6.45, 7) is 9.01. The van der Waals surface area contributed by atoms with Crippen LogP contribution in [0.4, 0.5) is 0 Å². The van der Waals surface area contributed by atoms with E-state index in [9.17, 15) is 4.79 Å². The molecule has 1 fully saturated rings. The number of hydrogen-bond acceptors (Lipinski definition) is 4. The van der Waals surface area contributed by atoms with E-state index in [0.29, 0.717) is 13.0 Å². The average Bonchev–Trinajstić information content (AvgIpc) is 2.14. The van der Waals surface area contributed by atoms with Gasteiger partial charge in [0, 0.05) is 19.6 Å². The second kappa shape index (κ2) is 6.08. The van der Waals surface area contributed by atoms with Gasteiger partial charge in [-0.1, -0.05) is 0 Å². The highest BCUT2D eigenvalue weighted by atomic mass is 16.5. The van der Waals surface area contributed by atoms with Crippen molar-refractivity contribution >= 4 is 5.97 Å². The van der Waals surface area contributed by atoms with Crippen LogP contribution in [0.15, 0.2) is 0 Å². The molecule has 1 heterocycles. The maximum absolute atomic E-state index is 11.2. The monoisotopic (exact) mass is 215 g/mol. The molecule has 1 aliphatic heterocycles. The molecule has 0 saturated carbocycles. The molecule has 0 aliphatic carbocycles. The van der Waals surface area contributed by atoms with Crippen LogP contribution in [-0.2, 0) is 14.3 Å². The largest absolute Gasteiger partial charge is 0.466 e. The minimum atomic E-state index is -0.107. The Balaban J connectivity index is 2.23. The van der Waals surface area contributed by atoms with E-state index in [1.54, 1.807) is 0 Å². The van der Waals surface area contributed by atoms with Crippen LogP contribution in [0.1, 0.15) is 27.2 Å². The Morgan fingerprint density at radius 1 is 1.40 bits per heavy atom. The third-order valence-electron chi connectivity index (χ3n) is 2.43. The van der Waals surface area contributed by atoms with Crippen molar-refractivity contribution in [3.05, 3.63) is 0 Å².